The fourth-order valence-corrected chi connectivity index (χ4v) is 3.25. The van der Waals surface area contributed by atoms with Crippen LogP contribution in [-0.2, 0) is 14.3 Å². The highest BCUT2D eigenvalue weighted by atomic mass is 19.2. The topological polar surface area (TPSA) is 94.6 Å². The maximum Gasteiger partial charge on any atom is 0.338 e. The predicted octanol–water partition coefficient (Wildman–Crippen LogP) is 4.57. The van der Waals surface area contributed by atoms with Crippen LogP contribution < -0.4 is 10.5 Å². The molecule has 0 radical (unpaired) electrons. The highest BCUT2D eigenvalue weighted by molar-refractivity contribution is 5.92. The molecule has 1 aromatic rings. The highest BCUT2D eigenvalue weighted by Crippen LogP contribution is 2.41. The average molecular weight is 420 g/mol. The second-order valence-electron chi connectivity index (χ2n) is 6.84. The summed E-state index contributed by atoms with van der Waals surface area (Å²) in [5.74, 6) is -4.45. The minimum absolute atomic E-state index is 0.00232. The molecule has 2 N–H and O–H groups in total. The summed E-state index contributed by atoms with van der Waals surface area (Å²) in [6.45, 7) is 5.49. The number of benzene rings is 1. The first kappa shape index (κ1) is 23.2. The van der Waals surface area contributed by atoms with Crippen molar-refractivity contribution >= 4 is 5.97 Å². The molecule has 1 aliphatic heterocycles. The Kier molecular flexibility index (Phi) is 8.22. The van der Waals surface area contributed by atoms with Gasteiger partial charge in [0.15, 0.2) is 11.6 Å². The van der Waals surface area contributed by atoms with Crippen molar-refractivity contribution in [3.05, 3.63) is 52.1 Å². The number of unbranched alkanes of at least 4 members (excludes halogenated alkanes) is 3. The summed E-state index contributed by atoms with van der Waals surface area (Å²) in [7, 11) is 0. The number of rotatable bonds is 9. The van der Waals surface area contributed by atoms with Crippen molar-refractivity contribution in [3.8, 4) is 11.8 Å². The summed E-state index contributed by atoms with van der Waals surface area (Å²) in [4.78, 5) is 12.5. The number of nitrogens with zero attached hydrogens (tertiary/aromatic N) is 1. The summed E-state index contributed by atoms with van der Waals surface area (Å²) in [5, 5.41) is 9.58. The minimum Gasteiger partial charge on any atom is -0.490 e. The van der Waals surface area contributed by atoms with Gasteiger partial charge in [-0.15, -0.1) is 0 Å². The van der Waals surface area contributed by atoms with E-state index in [0.717, 1.165) is 25.3 Å². The molecule has 0 aromatic heterocycles. The average Bonchev–Trinajstić information content (AvgIpc) is 2.70. The molecule has 0 fully saturated rings. The van der Waals surface area contributed by atoms with Crippen molar-refractivity contribution in [2.24, 2.45) is 5.73 Å². The Morgan fingerprint density at radius 3 is 2.63 bits per heavy atom. The molecule has 1 heterocycles. The molecule has 30 heavy (non-hydrogen) atoms. The standard InChI is InChI=1S/C22H26F2N2O4/c1-4-6-7-8-9-29-17-11-14(10-16(23)20(17)24)19-15(12-25)21(26)30-13(3)18(19)22(27)28-5-2/h10-11,19H,4-9,26H2,1-3H3. The van der Waals surface area contributed by atoms with Crippen molar-refractivity contribution in [2.75, 3.05) is 13.2 Å². The van der Waals surface area contributed by atoms with Gasteiger partial charge in [0, 0.05) is 0 Å². The van der Waals surface area contributed by atoms with Gasteiger partial charge in [-0.1, -0.05) is 26.2 Å². The van der Waals surface area contributed by atoms with E-state index in [9.17, 15) is 18.8 Å². The van der Waals surface area contributed by atoms with Crippen LogP contribution in [0.25, 0.3) is 0 Å². The molecule has 0 bridgehead atoms. The first-order valence-corrected chi connectivity index (χ1v) is 9.92. The summed E-state index contributed by atoms with van der Waals surface area (Å²) in [6, 6.07) is 4.11. The van der Waals surface area contributed by atoms with Gasteiger partial charge in [0.1, 0.15) is 17.4 Å². The zero-order valence-electron chi connectivity index (χ0n) is 17.4. The lowest BCUT2D eigenvalue weighted by atomic mass is 9.83. The van der Waals surface area contributed by atoms with E-state index in [4.69, 9.17) is 19.9 Å². The third-order valence-corrected chi connectivity index (χ3v) is 4.71. The quantitative estimate of drug-likeness (QED) is 0.465. The number of nitrogens with two attached hydrogens (primary N) is 1. The van der Waals surface area contributed by atoms with Crippen LogP contribution in [0.4, 0.5) is 8.78 Å². The van der Waals surface area contributed by atoms with Gasteiger partial charge in [-0.05, 0) is 38.0 Å². The Bertz CT molecular complexity index is 903. The first-order valence-electron chi connectivity index (χ1n) is 9.92. The van der Waals surface area contributed by atoms with Gasteiger partial charge in [0.25, 0.3) is 0 Å². The van der Waals surface area contributed by atoms with Gasteiger partial charge in [0.05, 0.1) is 24.7 Å². The van der Waals surface area contributed by atoms with Gasteiger partial charge >= 0.3 is 5.97 Å². The highest BCUT2D eigenvalue weighted by Gasteiger charge is 2.37. The van der Waals surface area contributed by atoms with Gasteiger partial charge in [0.2, 0.25) is 11.7 Å². The Hall–Kier alpha value is -3.08. The van der Waals surface area contributed by atoms with E-state index in [1.165, 1.54) is 13.0 Å². The molecule has 6 nitrogen and oxygen atoms in total. The van der Waals surface area contributed by atoms with Gasteiger partial charge in [-0.3, -0.25) is 0 Å². The number of ether oxygens (including phenoxy) is 3. The molecule has 0 aliphatic carbocycles. The maximum atomic E-state index is 14.4. The fraction of sp³-hybridized carbons (Fsp3) is 0.455. The SMILES string of the molecule is CCCCCCOc1cc(C2C(C#N)=C(N)OC(C)=C2C(=O)OCC)cc(F)c1F. The van der Waals surface area contributed by atoms with E-state index in [0.29, 0.717) is 6.42 Å². The van der Waals surface area contributed by atoms with Crippen LogP contribution in [-0.4, -0.2) is 19.2 Å². The van der Waals surface area contributed by atoms with Crippen molar-refractivity contribution < 1.29 is 27.8 Å². The second-order valence-corrected chi connectivity index (χ2v) is 6.84. The van der Waals surface area contributed by atoms with Crippen LogP contribution in [0.1, 0.15) is 57.9 Å². The van der Waals surface area contributed by atoms with Crippen LogP contribution in [0.3, 0.4) is 0 Å². The largest absolute Gasteiger partial charge is 0.490 e. The van der Waals surface area contributed by atoms with Crippen molar-refractivity contribution in [3.63, 3.8) is 0 Å². The van der Waals surface area contributed by atoms with Crippen LogP contribution in [0.15, 0.2) is 34.9 Å². The molecule has 1 aromatic carbocycles. The van der Waals surface area contributed by atoms with Crippen molar-refractivity contribution in [1.82, 2.24) is 0 Å². The number of esters is 1. The molecule has 0 saturated heterocycles. The lowest BCUT2D eigenvalue weighted by molar-refractivity contribution is -0.139. The Labute approximate surface area is 174 Å². The van der Waals surface area contributed by atoms with Gasteiger partial charge in [-0.2, -0.15) is 9.65 Å². The van der Waals surface area contributed by atoms with E-state index < -0.39 is 23.5 Å². The molecule has 1 aliphatic rings. The van der Waals surface area contributed by atoms with Gasteiger partial charge in [-0.25, -0.2) is 9.18 Å². The van der Waals surface area contributed by atoms with Crippen LogP contribution in [0.5, 0.6) is 5.75 Å². The predicted molar refractivity (Wildman–Crippen MR) is 106 cm³/mol. The number of halogens is 2. The Balaban J connectivity index is 2.47. The Morgan fingerprint density at radius 1 is 1.27 bits per heavy atom. The summed E-state index contributed by atoms with van der Waals surface area (Å²) in [6.07, 6.45) is 3.66. The molecular formula is C22H26F2N2O4. The Morgan fingerprint density at radius 2 is 2.00 bits per heavy atom. The number of hydrogen-bond acceptors (Lipinski definition) is 6. The van der Waals surface area contributed by atoms with Crippen LogP contribution >= 0.6 is 0 Å². The zero-order chi connectivity index (χ0) is 22.3. The first-order chi connectivity index (χ1) is 14.3. The molecule has 0 saturated carbocycles. The van der Waals surface area contributed by atoms with Crippen molar-refractivity contribution in [1.29, 1.82) is 5.26 Å². The maximum absolute atomic E-state index is 14.4. The number of carbonyl (C=O) groups excluding carboxylic acids is 1. The van der Waals surface area contributed by atoms with E-state index in [1.54, 1.807) is 6.92 Å². The lowest BCUT2D eigenvalue weighted by Gasteiger charge is -2.27. The van der Waals surface area contributed by atoms with Crippen LogP contribution in [0, 0.1) is 23.0 Å². The summed E-state index contributed by atoms with van der Waals surface area (Å²) in [5.41, 5.74) is 5.88. The molecular weight excluding hydrogens is 394 g/mol. The lowest BCUT2D eigenvalue weighted by Crippen LogP contribution is -2.25. The molecule has 0 spiro atoms. The monoisotopic (exact) mass is 420 g/mol. The van der Waals surface area contributed by atoms with E-state index in [1.807, 2.05) is 6.07 Å². The fourth-order valence-electron chi connectivity index (χ4n) is 3.25. The van der Waals surface area contributed by atoms with E-state index in [2.05, 4.69) is 6.92 Å². The number of nitriles is 1. The molecule has 162 valence electrons. The third kappa shape index (κ3) is 5.09. The molecule has 1 unspecified atom stereocenters. The van der Waals surface area contributed by atoms with E-state index in [-0.39, 0.29) is 47.3 Å². The van der Waals surface area contributed by atoms with Crippen molar-refractivity contribution in [2.45, 2.75) is 52.4 Å². The summed E-state index contributed by atoms with van der Waals surface area (Å²) >= 11 is 0. The second kappa shape index (κ2) is 10.6. The number of allylic oxidation sites excluding steroid dienone is 2. The molecule has 8 heteroatoms. The number of hydrogen-bond donors (Lipinski definition) is 1. The normalized spacial score (nSPS) is 16.2. The zero-order valence-corrected chi connectivity index (χ0v) is 17.4. The minimum atomic E-state index is -1.15. The molecule has 0 amide bonds. The summed E-state index contributed by atoms with van der Waals surface area (Å²) < 4.78 is 44.5. The number of carbonyl (C=O) groups is 1. The van der Waals surface area contributed by atoms with Gasteiger partial charge < -0.3 is 19.9 Å². The smallest absolute Gasteiger partial charge is 0.338 e. The van der Waals surface area contributed by atoms with E-state index >= 15 is 0 Å². The molecule has 2 rings (SSSR count). The molecule has 1 atom stereocenters. The van der Waals surface area contributed by atoms with Crippen LogP contribution in [0.2, 0.25) is 0 Å². The third-order valence-electron chi connectivity index (χ3n) is 4.71.